The Bertz CT molecular complexity index is 801. The Morgan fingerprint density at radius 2 is 2.05 bits per heavy atom. The van der Waals surface area contributed by atoms with Crippen LogP contribution in [0, 0.1) is 6.92 Å². The van der Waals surface area contributed by atoms with Gasteiger partial charge in [-0.05, 0) is 6.92 Å². The van der Waals surface area contributed by atoms with Crippen molar-refractivity contribution in [3.8, 4) is 0 Å². The molecule has 11 heteroatoms. The minimum absolute atomic E-state index is 0.0246. The van der Waals surface area contributed by atoms with Crippen LogP contribution in [0.1, 0.15) is 11.3 Å². The third kappa shape index (κ3) is 4.22. The summed E-state index contributed by atoms with van der Waals surface area (Å²) in [5.41, 5.74) is -0.172. The lowest BCUT2D eigenvalue weighted by molar-refractivity contribution is 0.368. The molecule has 0 spiro atoms. The highest BCUT2D eigenvalue weighted by Gasteiger charge is 2.13. The van der Waals surface area contributed by atoms with Crippen LogP contribution in [0.25, 0.3) is 0 Å². The van der Waals surface area contributed by atoms with E-state index in [0.29, 0.717) is 11.3 Å². The maximum absolute atomic E-state index is 11.6. The van der Waals surface area contributed by atoms with E-state index in [4.69, 9.17) is 9.79 Å². The lowest BCUT2D eigenvalue weighted by Gasteiger charge is -2.03. The highest BCUT2D eigenvalue weighted by molar-refractivity contribution is 7.51. The van der Waals surface area contributed by atoms with Crippen LogP contribution in [0.5, 0.6) is 0 Å². The summed E-state index contributed by atoms with van der Waals surface area (Å²) in [7, 11) is -4.09. The third-order valence-corrected chi connectivity index (χ3v) is 3.51. The molecule has 0 fully saturated rings. The summed E-state index contributed by atoms with van der Waals surface area (Å²) in [6, 6.07) is 0. The third-order valence-electron chi connectivity index (χ3n) is 2.73. The monoisotopic (exact) mass is 315 g/mol. The fourth-order valence-electron chi connectivity index (χ4n) is 1.66. The second-order valence-electron chi connectivity index (χ2n) is 4.56. The summed E-state index contributed by atoms with van der Waals surface area (Å²) in [5, 5.41) is 7.53. The van der Waals surface area contributed by atoms with E-state index in [2.05, 4.69) is 15.3 Å². The van der Waals surface area contributed by atoms with Gasteiger partial charge in [0.2, 0.25) is 0 Å². The van der Waals surface area contributed by atoms with Crippen molar-refractivity contribution in [3.63, 3.8) is 0 Å². The SMILES string of the molecule is Cc1cn(Cc2cn(CCP(=O)(O)O)nn2)c(=O)[nH]c1=O. The van der Waals surface area contributed by atoms with Gasteiger partial charge < -0.3 is 9.79 Å². The first-order valence-corrected chi connectivity index (χ1v) is 7.78. The van der Waals surface area contributed by atoms with Gasteiger partial charge in [0.15, 0.2) is 0 Å². The number of aryl methyl sites for hydroxylation is 2. The lowest BCUT2D eigenvalue weighted by Crippen LogP contribution is -2.31. The molecule has 10 nitrogen and oxygen atoms in total. The van der Waals surface area contributed by atoms with Gasteiger partial charge in [0.1, 0.15) is 5.69 Å². The fraction of sp³-hybridized carbons (Fsp3) is 0.400. The van der Waals surface area contributed by atoms with Crippen LogP contribution in [-0.4, -0.2) is 40.5 Å². The van der Waals surface area contributed by atoms with Gasteiger partial charge in [-0.1, -0.05) is 5.21 Å². The second kappa shape index (κ2) is 5.76. The highest BCUT2D eigenvalue weighted by atomic mass is 31.2. The van der Waals surface area contributed by atoms with E-state index in [1.165, 1.54) is 21.6 Å². The molecule has 2 aromatic heterocycles. The van der Waals surface area contributed by atoms with Crippen LogP contribution in [0.4, 0.5) is 0 Å². The van der Waals surface area contributed by atoms with Crippen LogP contribution in [0.3, 0.4) is 0 Å². The number of H-pyrrole nitrogens is 1. The Labute approximate surface area is 118 Å². The molecule has 2 rings (SSSR count). The molecule has 21 heavy (non-hydrogen) atoms. The lowest BCUT2D eigenvalue weighted by atomic mass is 10.4. The number of nitrogens with zero attached hydrogens (tertiary/aromatic N) is 4. The predicted octanol–water partition coefficient (Wildman–Crippen LogP) is -1.34. The molecule has 0 aliphatic heterocycles. The van der Waals surface area contributed by atoms with Crippen molar-refractivity contribution in [2.45, 2.75) is 20.0 Å². The maximum Gasteiger partial charge on any atom is 0.328 e. The maximum atomic E-state index is 11.6. The zero-order valence-corrected chi connectivity index (χ0v) is 12.0. The fourth-order valence-corrected chi connectivity index (χ4v) is 2.13. The van der Waals surface area contributed by atoms with Crippen LogP contribution in [-0.2, 0) is 17.7 Å². The molecule has 0 aromatic carbocycles. The Kier molecular flexibility index (Phi) is 4.21. The largest absolute Gasteiger partial charge is 0.328 e. The molecule has 114 valence electrons. The first-order valence-electron chi connectivity index (χ1n) is 5.98. The zero-order chi connectivity index (χ0) is 15.6. The van der Waals surface area contributed by atoms with Crippen molar-refractivity contribution < 1.29 is 14.4 Å². The molecule has 2 heterocycles. The molecule has 0 saturated carbocycles. The van der Waals surface area contributed by atoms with Crippen molar-refractivity contribution in [2.75, 3.05) is 6.16 Å². The molecule has 0 saturated heterocycles. The molecule has 2 aromatic rings. The van der Waals surface area contributed by atoms with Gasteiger partial charge >= 0.3 is 13.3 Å². The van der Waals surface area contributed by atoms with E-state index in [-0.39, 0.29) is 19.3 Å². The number of aromatic amines is 1. The van der Waals surface area contributed by atoms with Crippen molar-refractivity contribution >= 4 is 7.60 Å². The quantitative estimate of drug-likeness (QED) is 0.579. The molecule has 0 aliphatic carbocycles. The first kappa shape index (κ1) is 15.4. The molecule has 0 bridgehead atoms. The van der Waals surface area contributed by atoms with Crippen molar-refractivity contribution in [1.29, 1.82) is 0 Å². The summed E-state index contributed by atoms with van der Waals surface area (Å²) < 4.78 is 13.3. The number of aromatic nitrogens is 5. The summed E-state index contributed by atoms with van der Waals surface area (Å²) in [6.45, 7) is 1.70. The van der Waals surface area contributed by atoms with Crippen molar-refractivity contribution in [1.82, 2.24) is 24.5 Å². The molecule has 0 radical (unpaired) electrons. The van der Waals surface area contributed by atoms with Gasteiger partial charge in [-0.15, -0.1) is 5.10 Å². The predicted molar refractivity (Wildman–Crippen MR) is 72.1 cm³/mol. The van der Waals surface area contributed by atoms with E-state index in [9.17, 15) is 14.2 Å². The normalized spacial score (nSPS) is 11.8. The van der Waals surface area contributed by atoms with E-state index >= 15 is 0 Å². The van der Waals surface area contributed by atoms with Crippen molar-refractivity contribution in [2.24, 2.45) is 0 Å². The van der Waals surface area contributed by atoms with E-state index in [1.54, 1.807) is 6.92 Å². The molecule has 0 atom stereocenters. The molecular formula is C10H14N5O5P. The Morgan fingerprint density at radius 3 is 2.71 bits per heavy atom. The van der Waals surface area contributed by atoms with E-state index in [0.717, 1.165) is 0 Å². The van der Waals surface area contributed by atoms with Gasteiger partial charge in [0, 0.05) is 11.8 Å². The minimum atomic E-state index is -4.09. The highest BCUT2D eigenvalue weighted by Crippen LogP contribution is 2.33. The van der Waals surface area contributed by atoms with Gasteiger partial charge in [0.25, 0.3) is 5.56 Å². The molecule has 0 amide bonds. The first-order chi connectivity index (χ1) is 9.74. The zero-order valence-electron chi connectivity index (χ0n) is 11.1. The molecule has 0 aliphatic rings. The molecule has 3 N–H and O–H groups in total. The van der Waals surface area contributed by atoms with E-state index < -0.39 is 18.8 Å². The average Bonchev–Trinajstić information content (AvgIpc) is 2.80. The van der Waals surface area contributed by atoms with Crippen molar-refractivity contribution in [3.05, 3.63) is 44.5 Å². The van der Waals surface area contributed by atoms with Gasteiger partial charge in [-0.2, -0.15) is 0 Å². The summed E-state index contributed by atoms with van der Waals surface area (Å²) in [6.07, 6.45) is 2.56. The van der Waals surface area contributed by atoms with E-state index in [1.807, 2.05) is 0 Å². The number of hydrogen-bond acceptors (Lipinski definition) is 5. The number of hydrogen-bond donors (Lipinski definition) is 3. The van der Waals surface area contributed by atoms with Gasteiger partial charge in [-0.25, -0.2) is 4.79 Å². The Morgan fingerprint density at radius 1 is 1.33 bits per heavy atom. The van der Waals surface area contributed by atoms with Crippen LogP contribution in [0.15, 0.2) is 22.0 Å². The number of rotatable bonds is 5. The molecular weight excluding hydrogens is 301 g/mol. The van der Waals surface area contributed by atoms with Crippen LogP contribution in [0.2, 0.25) is 0 Å². The second-order valence-corrected chi connectivity index (χ2v) is 6.34. The molecule has 0 unspecified atom stereocenters. The smallest absolute Gasteiger partial charge is 0.324 e. The van der Waals surface area contributed by atoms with Crippen LogP contribution >= 0.6 is 7.60 Å². The number of nitrogens with one attached hydrogen (secondary N) is 1. The standard InChI is InChI=1S/C10H14N5O5P/c1-7-4-14(10(17)11-9(7)16)5-8-6-15(13-12-8)2-3-21(18,19)20/h4,6H,2-3,5H2,1H3,(H,11,16,17)(H2,18,19,20). The minimum Gasteiger partial charge on any atom is -0.324 e. The summed E-state index contributed by atoms with van der Waals surface area (Å²) in [5.74, 6) is 0. The Hall–Kier alpha value is -2.03. The topological polar surface area (TPSA) is 143 Å². The van der Waals surface area contributed by atoms with Crippen LogP contribution < -0.4 is 11.2 Å². The van der Waals surface area contributed by atoms with Gasteiger partial charge in [0.05, 0.1) is 25.4 Å². The average molecular weight is 315 g/mol. The summed E-state index contributed by atoms with van der Waals surface area (Å²) in [4.78, 5) is 42.6. The Balaban J connectivity index is 2.13. The summed E-state index contributed by atoms with van der Waals surface area (Å²) >= 11 is 0. The van der Waals surface area contributed by atoms with Gasteiger partial charge in [-0.3, -0.25) is 23.6 Å².